The molecule has 0 unspecified atom stereocenters. The fraction of sp³-hybridized carbons (Fsp3) is 0.0909. The molecule has 1 N–H and O–H groups in total. The van der Waals surface area contributed by atoms with E-state index in [2.05, 4.69) is 9.97 Å². The SMILES string of the molecule is O=c1ccnc(-c2cc(F)cc(C(F)(F)F)c2)[nH]1. The van der Waals surface area contributed by atoms with Crippen LogP contribution in [0.4, 0.5) is 17.6 Å². The zero-order valence-electron chi connectivity index (χ0n) is 8.75. The fourth-order valence-electron chi connectivity index (χ4n) is 1.41. The highest BCUT2D eigenvalue weighted by Crippen LogP contribution is 2.32. The monoisotopic (exact) mass is 258 g/mol. The molecule has 0 amide bonds. The zero-order chi connectivity index (χ0) is 13.3. The van der Waals surface area contributed by atoms with Crippen LogP contribution in [0.2, 0.25) is 0 Å². The predicted molar refractivity (Wildman–Crippen MR) is 55.3 cm³/mol. The molecular formula is C11H6F4N2O. The highest BCUT2D eigenvalue weighted by Gasteiger charge is 2.31. The van der Waals surface area contributed by atoms with Crippen LogP contribution >= 0.6 is 0 Å². The van der Waals surface area contributed by atoms with Crippen molar-refractivity contribution >= 4 is 0 Å². The molecule has 0 saturated carbocycles. The Morgan fingerprint density at radius 2 is 1.89 bits per heavy atom. The van der Waals surface area contributed by atoms with E-state index in [9.17, 15) is 22.4 Å². The summed E-state index contributed by atoms with van der Waals surface area (Å²) >= 11 is 0. The maximum atomic E-state index is 13.1. The van der Waals surface area contributed by atoms with Gasteiger partial charge in [0, 0.05) is 17.8 Å². The molecule has 1 aromatic heterocycles. The number of H-pyrrole nitrogens is 1. The minimum absolute atomic E-state index is 0.118. The van der Waals surface area contributed by atoms with Gasteiger partial charge in [-0.15, -0.1) is 0 Å². The number of alkyl halides is 3. The normalized spacial score (nSPS) is 11.6. The van der Waals surface area contributed by atoms with Crippen molar-refractivity contribution < 1.29 is 17.6 Å². The molecule has 0 fully saturated rings. The maximum absolute atomic E-state index is 13.1. The van der Waals surface area contributed by atoms with E-state index >= 15 is 0 Å². The van der Waals surface area contributed by atoms with Crippen molar-refractivity contribution in [3.05, 3.63) is 52.2 Å². The lowest BCUT2D eigenvalue weighted by molar-refractivity contribution is -0.137. The summed E-state index contributed by atoms with van der Waals surface area (Å²) in [5.41, 5.74) is -1.80. The highest BCUT2D eigenvalue weighted by molar-refractivity contribution is 5.56. The Balaban J connectivity index is 2.59. The molecule has 0 aliphatic heterocycles. The predicted octanol–water partition coefficient (Wildman–Crippen LogP) is 2.59. The van der Waals surface area contributed by atoms with Crippen LogP contribution < -0.4 is 5.56 Å². The van der Waals surface area contributed by atoms with Crippen molar-refractivity contribution in [3.63, 3.8) is 0 Å². The lowest BCUT2D eigenvalue weighted by Gasteiger charge is -2.08. The molecule has 0 saturated heterocycles. The van der Waals surface area contributed by atoms with Crippen LogP contribution in [-0.4, -0.2) is 9.97 Å². The van der Waals surface area contributed by atoms with Gasteiger partial charge in [0.2, 0.25) is 0 Å². The largest absolute Gasteiger partial charge is 0.416 e. The highest BCUT2D eigenvalue weighted by atomic mass is 19.4. The van der Waals surface area contributed by atoms with Crippen molar-refractivity contribution in [1.82, 2.24) is 9.97 Å². The second-order valence-corrected chi connectivity index (χ2v) is 3.51. The maximum Gasteiger partial charge on any atom is 0.416 e. The van der Waals surface area contributed by atoms with Crippen LogP contribution in [-0.2, 0) is 6.18 Å². The van der Waals surface area contributed by atoms with Crippen molar-refractivity contribution in [2.24, 2.45) is 0 Å². The van der Waals surface area contributed by atoms with Crippen LogP contribution in [0, 0.1) is 5.82 Å². The number of benzene rings is 1. The molecule has 0 spiro atoms. The molecule has 2 rings (SSSR count). The van der Waals surface area contributed by atoms with Gasteiger partial charge in [-0.1, -0.05) is 0 Å². The van der Waals surface area contributed by atoms with Crippen molar-refractivity contribution in [1.29, 1.82) is 0 Å². The van der Waals surface area contributed by atoms with Gasteiger partial charge in [-0.25, -0.2) is 9.37 Å². The Bertz CT molecular complexity index is 633. The van der Waals surface area contributed by atoms with E-state index in [-0.39, 0.29) is 11.4 Å². The number of rotatable bonds is 1. The molecule has 1 heterocycles. The van der Waals surface area contributed by atoms with Crippen molar-refractivity contribution in [2.75, 3.05) is 0 Å². The number of hydrogen-bond acceptors (Lipinski definition) is 2. The molecule has 18 heavy (non-hydrogen) atoms. The Hall–Kier alpha value is -2.18. The molecule has 0 atom stereocenters. The van der Waals surface area contributed by atoms with Crippen LogP contribution in [0.1, 0.15) is 5.56 Å². The van der Waals surface area contributed by atoms with Crippen molar-refractivity contribution in [3.8, 4) is 11.4 Å². The van der Waals surface area contributed by atoms with Gasteiger partial charge in [0.1, 0.15) is 11.6 Å². The smallest absolute Gasteiger partial charge is 0.307 e. The second-order valence-electron chi connectivity index (χ2n) is 3.51. The number of nitrogens with zero attached hydrogens (tertiary/aromatic N) is 1. The van der Waals surface area contributed by atoms with Gasteiger partial charge < -0.3 is 4.98 Å². The standard InChI is InChI=1S/C11H6F4N2O/c12-8-4-6(3-7(5-8)11(13,14)15)10-16-2-1-9(18)17-10/h1-5H,(H,16,17,18). The van der Waals surface area contributed by atoms with E-state index in [0.717, 1.165) is 24.4 Å². The van der Waals surface area contributed by atoms with E-state index in [1.807, 2.05) is 0 Å². The molecule has 94 valence electrons. The number of aromatic amines is 1. The summed E-state index contributed by atoms with van der Waals surface area (Å²) in [5.74, 6) is -1.17. The minimum atomic E-state index is -4.66. The Kier molecular flexibility index (Phi) is 2.90. The summed E-state index contributed by atoms with van der Waals surface area (Å²) in [6.07, 6.45) is -3.53. The summed E-state index contributed by atoms with van der Waals surface area (Å²) in [7, 11) is 0. The first kappa shape index (κ1) is 12.3. The third-order valence-corrected chi connectivity index (χ3v) is 2.17. The van der Waals surface area contributed by atoms with Crippen molar-refractivity contribution in [2.45, 2.75) is 6.18 Å². The number of hydrogen-bond donors (Lipinski definition) is 1. The second kappa shape index (κ2) is 4.25. The third kappa shape index (κ3) is 2.55. The Morgan fingerprint density at radius 1 is 1.17 bits per heavy atom. The number of nitrogens with one attached hydrogen (secondary N) is 1. The van der Waals surface area contributed by atoms with E-state index in [0.29, 0.717) is 6.07 Å². The molecule has 0 radical (unpaired) electrons. The lowest BCUT2D eigenvalue weighted by Crippen LogP contribution is -2.08. The first-order chi connectivity index (χ1) is 8.36. The summed E-state index contributed by atoms with van der Waals surface area (Å²) in [6, 6.07) is 3.08. The number of aromatic nitrogens is 2. The van der Waals surface area contributed by atoms with Gasteiger partial charge in [-0.2, -0.15) is 13.2 Å². The fourth-order valence-corrected chi connectivity index (χ4v) is 1.41. The lowest BCUT2D eigenvalue weighted by atomic mass is 10.1. The number of halogens is 4. The quantitative estimate of drug-likeness (QED) is 0.799. The first-order valence-electron chi connectivity index (χ1n) is 4.80. The Labute approximate surface area is 98.1 Å². The minimum Gasteiger partial charge on any atom is -0.307 e. The van der Waals surface area contributed by atoms with E-state index in [1.54, 1.807) is 0 Å². The summed E-state index contributed by atoms with van der Waals surface area (Å²) in [6.45, 7) is 0. The van der Waals surface area contributed by atoms with Gasteiger partial charge in [-0.05, 0) is 18.2 Å². The zero-order valence-corrected chi connectivity index (χ0v) is 8.75. The van der Waals surface area contributed by atoms with Gasteiger partial charge >= 0.3 is 6.18 Å². The van der Waals surface area contributed by atoms with E-state index in [1.165, 1.54) is 0 Å². The van der Waals surface area contributed by atoms with Gasteiger partial charge in [0.25, 0.3) is 5.56 Å². The average molecular weight is 258 g/mol. The Morgan fingerprint density at radius 3 is 2.50 bits per heavy atom. The summed E-state index contributed by atoms with van der Waals surface area (Å²) in [5, 5.41) is 0. The molecule has 3 nitrogen and oxygen atoms in total. The van der Waals surface area contributed by atoms with Gasteiger partial charge in [-0.3, -0.25) is 4.79 Å². The molecule has 7 heteroatoms. The van der Waals surface area contributed by atoms with Crippen LogP contribution in [0.3, 0.4) is 0 Å². The van der Waals surface area contributed by atoms with E-state index < -0.39 is 23.1 Å². The van der Waals surface area contributed by atoms with Gasteiger partial charge in [0.15, 0.2) is 0 Å². The first-order valence-corrected chi connectivity index (χ1v) is 4.80. The van der Waals surface area contributed by atoms with Crippen LogP contribution in [0.15, 0.2) is 35.3 Å². The molecule has 0 aliphatic carbocycles. The molecule has 0 bridgehead atoms. The van der Waals surface area contributed by atoms with Crippen LogP contribution in [0.5, 0.6) is 0 Å². The molecule has 1 aromatic carbocycles. The molecule has 2 aromatic rings. The topological polar surface area (TPSA) is 45.8 Å². The molecule has 0 aliphatic rings. The van der Waals surface area contributed by atoms with E-state index in [4.69, 9.17) is 0 Å². The third-order valence-electron chi connectivity index (χ3n) is 2.17. The summed E-state index contributed by atoms with van der Waals surface area (Å²) in [4.78, 5) is 16.9. The van der Waals surface area contributed by atoms with Crippen LogP contribution in [0.25, 0.3) is 11.4 Å². The summed E-state index contributed by atoms with van der Waals surface area (Å²) < 4.78 is 50.6. The molecular weight excluding hydrogens is 252 g/mol. The van der Waals surface area contributed by atoms with Gasteiger partial charge in [0.05, 0.1) is 5.56 Å². The average Bonchev–Trinajstić information content (AvgIpc) is 2.27.